The van der Waals surface area contributed by atoms with Crippen LogP contribution >= 0.6 is 11.6 Å². The van der Waals surface area contributed by atoms with Crippen molar-refractivity contribution in [2.24, 2.45) is 0 Å². The van der Waals surface area contributed by atoms with Crippen molar-refractivity contribution in [3.05, 3.63) is 58.6 Å². The van der Waals surface area contributed by atoms with E-state index in [9.17, 15) is 32.2 Å². The van der Waals surface area contributed by atoms with E-state index >= 15 is 0 Å². The van der Waals surface area contributed by atoms with Gasteiger partial charge in [-0.1, -0.05) is 11.6 Å². The maximum absolute atomic E-state index is 13.4. The second-order valence-corrected chi connectivity index (χ2v) is 10.5. The Hall–Kier alpha value is -2.11. The van der Waals surface area contributed by atoms with E-state index < -0.39 is 44.3 Å². The lowest BCUT2D eigenvalue weighted by molar-refractivity contribution is -0.103. The van der Waals surface area contributed by atoms with Crippen molar-refractivity contribution in [2.75, 3.05) is 18.5 Å². The minimum atomic E-state index is -3.97. The van der Waals surface area contributed by atoms with Crippen molar-refractivity contribution < 1.29 is 36.9 Å². The molecule has 0 unspecified atom stereocenters. The number of carbonyl (C=O) groups excluding carboxylic acids is 1. The van der Waals surface area contributed by atoms with Crippen LogP contribution in [0, 0.1) is 11.6 Å². The summed E-state index contributed by atoms with van der Waals surface area (Å²) in [5.41, 5.74) is -1.39. The fourth-order valence-electron chi connectivity index (χ4n) is 3.36. The number of benzene rings is 2. The molecule has 1 atom stereocenters. The number of aliphatic hydroxyl groups is 2. The van der Waals surface area contributed by atoms with E-state index in [0.717, 1.165) is 18.2 Å². The third-order valence-electron chi connectivity index (χ3n) is 5.06. The van der Waals surface area contributed by atoms with Gasteiger partial charge in [0.25, 0.3) is 5.91 Å². The average Bonchev–Trinajstić information content (AvgIpc) is 2.68. The van der Waals surface area contributed by atoms with Gasteiger partial charge in [-0.3, -0.25) is 4.79 Å². The average molecular weight is 490 g/mol. The first-order valence-corrected chi connectivity index (χ1v) is 11.6. The van der Waals surface area contributed by atoms with Crippen molar-refractivity contribution >= 4 is 33.0 Å². The standard InChI is InChI=1S/C21H22ClF2NO6S/c1-12(26)10-31-11-21(28)8-15(9-21)32(29,30)19-6-13(2-4-16(19)22)20(27)25-14-3-5-17(23)18(24)7-14/h2-7,12,15,26,28H,8-11H2,1H3,(H,25,27)/t12-,15?,21?/m1/s1. The molecule has 0 spiro atoms. The number of nitrogens with one attached hydrogen (secondary N) is 1. The molecule has 174 valence electrons. The quantitative estimate of drug-likeness (QED) is 0.525. The van der Waals surface area contributed by atoms with Crippen molar-refractivity contribution in [2.45, 2.75) is 41.6 Å². The monoisotopic (exact) mass is 489 g/mol. The summed E-state index contributed by atoms with van der Waals surface area (Å²) in [4.78, 5) is 12.2. The van der Waals surface area contributed by atoms with Crippen molar-refractivity contribution in [3.63, 3.8) is 0 Å². The van der Waals surface area contributed by atoms with Gasteiger partial charge < -0.3 is 20.3 Å². The van der Waals surface area contributed by atoms with Crippen LogP contribution in [0.5, 0.6) is 0 Å². The summed E-state index contributed by atoms with van der Waals surface area (Å²) >= 11 is 6.08. The normalized spacial score (nSPS) is 21.6. The minimum Gasteiger partial charge on any atom is -0.391 e. The van der Waals surface area contributed by atoms with E-state index in [1.807, 2.05) is 0 Å². The summed E-state index contributed by atoms with van der Waals surface area (Å²) in [7, 11) is -3.97. The van der Waals surface area contributed by atoms with Gasteiger partial charge in [0.05, 0.1) is 40.1 Å². The van der Waals surface area contributed by atoms with Crippen LogP contribution in [0.2, 0.25) is 5.02 Å². The van der Waals surface area contributed by atoms with Gasteiger partial charge in [0, 0.05) is 17.3 Å². The lowest BCUT2D eigenvalue weighted by atomic mass is 9.80. The second-order valence-electron chi connectivity index (χ2n) is 7.89. The molecule has 2 aromatic rings. The first kappa shape index (κ1) is 24.5. The van der Waals surface area contributed by atoms with Gasteiger partial charge in [-0.15, -0.1) is 0 Å². The van der Waals surface area contributed by atoms with Crippen molar-refractivity contribution in [1.29, 1.82) is 0 Å². The molecule has 1 saturated carbocycles. The summed E-state index contributed by atoms with van der Waals surface area (Å²) in [5, 5.41) is 21.0. The maximum atomic E-state index is 13.4. The Morgan fingerprint density at radius 3 is 2.56 bits per heavy atom. The Balaban J connectivity index is 1.73. The fourth-order valence-corrected chi connectivity index (χ4v) is 5.85. The Labute approximate surface area is 188 Å². The Morgan fingerprint density at radius 1 is 1.25 bits per heavy atom. The molecule has 1 aliphatic carbocycles. The molecular formula is C21H22ClF2NO6S. The van der Waals surface area contributed by atoms with Gasteiger partial charge in [0.2, 0.25) is 0 Å². The van der Waals surface area contributed by atoms with E-state index in [0.29, 0.717) is 0 Å². The van der Waals surface area contributed by atoms with E-state index in [1.54, 1.807) is 0 Å². The van der Waals surface area contributed by atoms with E-state index in [1.165, 1.54) is 25.1 Å². The summed E-state index contributed by atoms with van der Waals surface area (Å²) < 4.78 is 57.6. The number of hydrogen-bond donors (Lipinski definition) is 3. The number of halogens is 3. The van der Waals surface area contributed by atoms with E-state index in [4.69, 9.17) is 16.3 Å². The first-order valence-electron chi connectivity index (χ1n) is 9.69. The number of aliphatic hydroxyl groups excluding tert-OH is 1. The van der Waals surface area contributed by atoms with Gasteiger partial charge >= 0.3 is 0 Å². The lowest BCUT2D eigenvalue weighted by Gasteiger charge is -2.42. The molecular weight excluding hydrogens is 468 g/mol. The molecule has 0 saturated heterocycles. The van der Waals surface area contributed by atoms with Crippen LogP contribution in [0.25, 0.3) is 0 Å². The number of ether oxygens (including phenoxy) is 1. The zero-order chi connectivity index (χ0) is 23.7. The number of hydrogen-bond acceptors (Lipinski definition) is 6. The molecule has 0 aliphatic heterocycles. The van der Waals surface area contributed by atoms with Gasteiger partial charge in [-0.2, -0.15) is 0 Å². The highest BCUT2D eigenvalue weighted by Crippen LogP contribution is 2.41. The van der Waals surface area contributed by atoms with Crippen LogP contribution in [0.15, 0.2) is 41.3 Å². The number of carbonyl (C=O) groups is 1. The van der Waals surface area contributed by atoms with Crippen LogP contribution in [-0.2, 0) is 14.6 Å². The minimum absolute atomic E-state index is 0.00508. The van der Waals surface area contributed by atoms with Gasteiger partial charge in [0.1, 0.15) is 0 Å². The SMILES string of the molecule is C[C@@H](O)COCC1(O)CC(S(=O)(=O)c2cc(C(=O)Nc3ccc(F)c(F)c3)ccc2Cl)C1. The molecule has 7 nitrogen and oxygen atoms in total. The molecule has 0 bridgehead atoms. The zero-order valence-electron chi connectivity index (χ0n) is 17.0. The molecule has 3 N–H and O–H groups in total. The highest BCUT2D eigenvalue weighted by molar-refractivity contribution is 7.92. The highest BCUT2D eigenvalue weighted by Gasteiger charge is 2.50. The Morgan fingerprint density at radius 2 is 1.94 bits per heavy atom. The summed E-state index contributed by atoms with van der Waals surface area (Å²) in [6.07, 6.45) is -0.884. The summed E-state index contributed by atoms with van der Waals surface area (Å²) in [6, 6.07) is 6.48. The van der Waals surface area contributed by atoms with Gasteiger partial charge in [-0.25, -0.2) is 17.2 Å². The van der Waals surface area contributed by atoms with Crippen LogP contribution in [0.4, 0.5) is 14.5 Å². The molecule has 1 fully saturated rings. The van der Waals surface area contributed by atoms with Crippen LogP contribution in [0.1, 0.15) is 30.1 Å². The second kappa shape index (κ2) is 9.40. The summed E-state index contributed by atoms with van der Waals surface area (Å²) in [6.45, 7) is 1.42. The van der Waals surface area contributed by atoms with Crippen LogP contribution < -0.4 is 5.32 Å². The number of rotatable bonds is 8. The largest absolute Gasteiger partial charge is 0.391 e. The first-order chi connectivity index (χ1) is 14.9. The molecule has 0 radical (unpaired) electrons. The fraction of sp³-hybridized carbons (Fsp3) is 0.381. The number of amides is 1. The lowest BCUT2D eigenvalue weighted by Crippen LogP contribution is -2.53. The van der Waals surface area contributed by atoms with Crippen LogP contribution in [-0.4, -0.2) is 54.7 Å². The van der Waals surface area contributed by atoms with Crippen LogP contribution in [0.3, 0.4) is 0 Å². The molecule has 0 heterocycles. The van der Waals surface area contributed by atoms with Crippen molar-refractivity contribution in [1.82, 2.24) is 0 Å². The number of sulfone groups is 1. The Bertz CT molecular complexity index is 1120. The summed E-state index contributed by atoms with van der Waals surface area (Å²) in [5.74, 6) is -2.95. The predicted octanol–water partition coefficient (Wildman–Crippen LogP) is 2.94. The molecule has 32 heavy (non-hydrogen) atoms. The highest BCUT2D eigenvalue weighted by atomic mass is 35.5. The number of anilines is 1. The molecule has 3 rings (SSSR count). The van der Waals surface area contributed by atoms with E-state index in [-0.39, 0.29) is 47.2 Å². The molecule has 11 heteroatoms. The molecule has 1 aliphatic rings. The smallest absolute Gasteiger partial charge is 0.255 e. The Kier molecular flexibility index (Phi) is 7.21. The van der Waals surface area contributed by atoms with Gasteiger partial charge in [0.15, 0.2) is 21.5 Å². The van der Waals surface area contributed by atoms with E-state index in [2.05, 4.69) is 5.32 Å². The molecule has 2 aromatic carbocycles. The molecule has 0 aromatic heterocycles. The van der Waals surface area contributed by atoms with Crippen molar-refractivity contribution in [3.8, 4) is 0 Å². The zero-order valence-corrected chi connectivity index (χ0v) is 18.6. The topological polar surface area (TPSA) is 113 Å². The molecule has 1 amide bonds. The maximum Gasteiger partial charge on any atom is 0.255 e. The van der Waals surface area contributed by atoms with Gasteiger partial charge in [-0.05, 0) is 50.1 Å². The predicted molar refractivity (Wildman–Crippen MR) is 113 cm³/mol. The third-order valence-corrected chi connectivity index (χ3v) is 7.66. The third kappa shape index (κ3) is 5.44.